The molecule has 2 N–H and O–H groups in total. The molecule has 1 aromatic carbocycles. The largest absolute Gasteiger partial charge is 0.469 e. The molecule has 3 aromatic rings. The molecule has 0 aliphatic carbocycles. The quantitative estimate of drug-likeness (QED) is 0.436. The summed E-state index contributed by atoms with van der Waals surface area (Å²) in [6.45, 7) is 4.47. The summed E-state index contributed by atoms with van der Waals surface area (Å²) in [5.41, 5.74) is 1.32. The Bertz CT molecular complexity index is 785. The standard InChI is InChI=1S/C21H26N4OS/c1-17(20-22-13-15-27-20)16-25-21(24-12-10-19-8-5-14-26-19)23-11-9-18-6-3-2-4-7-18/h2-8,13-15,17H,9-12,16H2,1H3,(H2,23,24,25). The third-order valence-corrected chi connectivity index (χ3v) is 5.20. The summed E-state index contributed by atoms with van der Waals surface area (Å²) in [4.78, 5) is 9.15. The summed E-state index contributed by atoms with van der Waals surface area (Å²) in [6, 6.07) is 14.4. The lowest BCUT2D eigenvalue weighted by Gasteiger charge is -2.13. The minimum Gasteiger partial charge on any atom is -0.469 e. The molecule has 27 heavy (non-hydrogen) atoms. The Morgan fingerprint density at radius 1 is 1.11 bits per heavy atom. The highest BCUT2D eigenvalue weighted by molar-refractivity contribution is 7.09. The maximum Gasteiger partial charge on any atom is 0.191 e. The fourth-order valence-corrected chi connectivity index (χ4v) is 3.38. The van der Waals surface area contributed by atoms with Gasteiger partial charge in [0.15, 0.2) is 5.96 Å². The number of nitrogens with zero attached hydrogens (tertiary/aromatic N) is 2. The van der Waals surface area contributed by atoms with Gasteiger partial charge in [-0.3, -0.25) is 4.99 Å². The predicted molar refractivity (Wildman–Crippen MR) is 111 cm³/mol. The zero-order chi connectivity index (χ0) is 18.7. The van der Waals surface area contributed by atoms with Crippen molar-refractivity contribution in [1.82, 2.24) is 15.6 Å². The Morgan fingerprint density at radius 2 is 1.93 bits per heavy atom. The van der Waals surface area contributed by atoms with Gasteiger partial charge < -0.3 is 15.1 Å². The number of thiazole rings is 1. The monoisotopic (exact) mass is 382 g/mol. The minimum atomic E-state index is 0.308. The van der Waals surface area contributed by atoms with Gasteiger partial charge in [-0.1, -0.05) is 37.3 Å². The first-order valence-electron chi connectivity index (χ1n) is 9.29. The second-order valence-electron chi connectivity index (χ2n) is 6.38. The van der Waals surface area contributed by atoms with Crippen LogP contribution in [-0.4, -0.2) is 30.6 Å². The highest BCUT2D eigenvalue weighted by Gasteiger charge is 2.08. The molecular formula is C21H26N4OS. The minimum absolute atomic E-state index is 0.308. The molecule has 0 bridgehead atoms. The highest BCUT2D eigenvalue weighted by Crippen LogP contribution is 2.17. The molecule has 142 valence electrons. The van der Waals surface area contributed by atoms with Crippen molar-refractivity contribution in [3.63, 3.8) is 0 Å². The molecule has 0 saturated heterocycles. The van der Waals surface area contributed by atoms with Crippen LogP contribution in [0.1, 0.15) is 29.2 Å². The smallest absolute Gasteiger partial charge is 0.191 e. The molecule has 0 saturated carbocycles. The number of benzene rings is 1. The molecule has 0 radical (unpaired) electrons. The lowest BCUT2D eigenvalue weighted by atomic mass is 10.1. The summed E-state index contributed by atoms with van der Waals surface area (Å²) >= 11 is 1.68. The van der Waals surface area contributed by atoms with Gasteiger partial charge in [-0.15, -0.1) is 11.3 Å². The predicted octanol–water partition coefficient (Wildman–Crippen LogP) is 3.86. The van der Waals surface area contributed by atoms with Crippen LogP contribution in [0.4, 0.5) is 0 Å². The van der Waals surface area contributed by atoms with E-state index in [1.165, 1.54) is 5.56 Å². The summed E-state index contributed by atoms with van der Waals surface area (Å²) in [7, 11) is 0. The van der Waals surface area contributed by atoms with Crippen molar-refractivity contribution in [2.45, 2.75) is 25.7 Å². The van der Waals surface area contributed by atoms with Crippen LogP contribution in [-0.2, 0) is 12.8 Å². The van der Waals surface area contributed by atoms with Gasteiger partial charge in [0.25, 0.3) is 0 Å². The van der Waals surface area contributed by atoms with E-state index in [0.717, 1.165) is 42.7 Å². The first kappa shape index (κ1) is 19.2. The Morgan fingerprint density at radius 3 is 2.63 bits per heavy atom. The lowest BCUT2D eigenvalue weighted by Crippen LogP contribution is -2.39. The van der Waals surface area contributed by atoms with Gasteiger partial charge in [-0.2, -0.15) is 0 Å². The van der Waals surface area contributed by atoms with Gasteiger partial charge >= 0.3 is 0 Å². The topological polar surface area (TPSA) is 62.5 Å². The van der Waals surface area contributed by atoms with Gasteiger partial charge in [0, 0.05) is 37.0 Å². The molecular weight excluding hydrogens is 356 g/mol. The van der Waals surface area contributed by atoms with Crippen molar-refractivity contribution in [2.75, 3.05) is 19.6 Å². The van der Waals surface area contributed by atoms with Gasteiger partial charge in [-0.25, -0.2) is 4.98 Å². The van der Waals surface area contributed by atoms with E-state index in [1.54, 1.807) is 17.6 Å². The molecule has 0 amide bonds. The number of furan rings is 1. The van der Waals surface area contributed by atoms with Crippen molar-refractivity contribution in [2.24, 2.45) is 4.99 Å². The number of hydrogen-bond donors (Lipinski definition) is 2. The third-order valence-electron chi connectivity index (χ3n) is 4.19. The number of rotatable bonds is 9. The van der Waals surface area contributed by atoms with Gasteiger partial charge in [0.1, 0.15) is 5.76 Å². The molecule has 0 spiro atoms. The SMILES string of the molecule is CC(CN=C(NCCc1ccccc1)NCCc1ccco1)c1nccs1. The van der Waals surface area contributed by atoms with E-state index in [2.05, 4.69) is 46.8 Å². The first-order valence-corrected chi connectivity index (χ1v) is 10.2. The summed E-state index contributed by atoms with van der Waals surface area (Å²) in [5.74, 6) is 2.12. The molecule has 6 heteroatoms. The molecule has 3 rings (SSSR count). The number of hydrogen-bond acceptors (Lipinski definition) is 4. The van der Waals surface area contributed by atoms with Crippen LogP contribution in [0, 0.1) is 0 Å². The third kappa shape index (κ3) is 6.57. The van der Waals surface area contributed by atoms with E-state index in [-0.39, 0.29) is 0 Å². The normalized spacial score (nSPS) is 12.7. The molecule has 2 heterocycles. The second-order valence-corrected chi connectivity index (χ2v) is 7.31. The van der Waals surface area contributed by atoms with Crippen molar-refractivity contribution in [1.29, 1.82) is 0 Å². The second kappa shape index (κ2) is 10.5. The average Bonchev–Trinajstić information content (AvgIpc) is 3.40. The van der Waals surface area contributed by atoms with Crippen molar-refractivity contribution < 1.29 is 4.42 Å². The molecule has 0 fully saturated rings. The summed E-state index contributed by atoms with van der Waals surface area (Å²) in [6.07, 6.45) is 5.34. The summed E-state index contributed by atoms with van der Waals surface area (Å²) in [5, 5.41) is 9.98. The van der Waals surface area contributed by atoms with E-state index in [4.69, 9.17) is 9.41 Å². The Hall–Kier alpha value is -2.60. The van der Waals surface area contributed by atoms with E-state index >= 15 is 0 Å². The highest BCUT2D eigenvalue weighted by atomic mass is 32.1. The number of nitrogens with one attached hydrogen (secondary N) is 2. The lowest BCUT2D eigenvalue weighted by molar-refractivity contribution is 0.506. The maximum atomic E-state index is 5.39. The van der Waals surface area contributed by atoms with E-state index in [0.29, 0.717) is 12.5 Å². The average molecular weight is 383 g/mol. The first-order chi connectivity index (χ1) is 13.3. The van der Waals surface area contributed by atoms with Gasteiger partial charge in [-0.05, 0) is 24.1 Å². The fraction of sp³-hybridized carbons (Fsp3) is 0.333. The maximum absolute atomic E-state index is 5.39. The molecule has 0 aliphatic rings. The van der Waals surface area contributed by atoms with Gasteiger partial charge in [0.05, 0.1) is 17.8 Å². The molecule has 0 aliphatic heterocycles. The van der Waals surface area contributed by atoms with Crippen LogP contribution >= 0.6 is 11.3 Å². The number of aromatic nitrogens is 1. The van der Waals surface area contributed by atoms with Crippen molar-refractivity contribution >= 4 is 17.3 Å². The van der Waals surface area contributed by atoms with E-state index in [9.17, 15) is 0 Å². The Kier molecular flexibility index (Phi) is 7.47. The fourth-order valence-electron chi connectivity index (χ4n) is 2.69. The Labute approximate surface area is 164 Å². The molecule has 1 unspecified atom stereocenters. The van der Waals surface area contributed by atoms with Crippen molar-refractivity contribution in [3.05, 3.63) is 76.6 Å². The van der Waals surface area contributed by atoms with Crippen LogP contribution in [0.2, 0.25) is 0 Å². The molecule has 5 nitrogen and oxygen atoms in total. The van der Waals surface area contributed by atoms with Crippen LogP contribution in [0.5, 0.6) is 0 Å². The zero-order valence-corrected chi connectivity index (χ0v) is 16.4. The Balaban J connectivity index is 1.52. The van der Waals surface area contributed by atoms with E-state index in [1.807, 2.05) is 29.8 Å². The van der Waals surface area contributed by atoms with Crippen LogP contribution in [0.25, 0.3) is 0 Å². The number of aliphatic imine (C=N–C) groups is 1. The van der Waals surface area contributed by atoms with E-state index < -0.39 is 0 Å². The van der Waals surface area contributed by atoms with Crippen LogP contribution in [0.3, 0.4) is 0 Å². The van der Waals surface area contributed by atoms with Crippen LogP contribution in [0.15, 0.2) is 69.7 Å². The molecule has 2 aromatic heterocycles. The zero-order valence-electron chi connectivity index (χ0n) is 15.6. The van der Waals surface area contributed by atoms with Crippen LogP contribution < -0.4 is 10.6 Å². The summed E-state index contributed by atoms with van der Waals surface area (Å²) < 4.78 is 5.39. The number of guanidine groups is 1. The molecule has 1 atom stereocenters. The van der Waals surface area contributed by atoms with Crippen molar-refractivity contribution in [3.8, 4) is 0 Å². The van der Waals surface area contributed by atoms with Gasteiger partial charge in [0.2, 0.25) is 0 Å².